The van der Waals surface area contributed by atoms with Crippen LogP contribution in [0.2, 0.25) is 0 Å². The van der Waals surface area contributed by atoms with E-state index in [9.17, 15) is 9.59 Å². The van der Waals surface area contributed by atoms with E-state index in [1.807, 2.05) is 19.9 Å². The fourth-order valence-corrected chi connectivity index (χ4v) is 1.63. The van der Waals surface area contributed by atoms with Crippen molar-refractivity contribution in [3.8, 4) is 0 Å². The third-order valence-electron chi connectivity index (χ3n) is 3.14. The number of benzene rings is 1. The minimum atomic E-state index is -0.413. The highest BCUT2D eigenvalue weighted by Gasteiger charge is 2.15. The van der Waals surface area contributed by atoms with Crippen molar-refractivity contribution < 1.29 is 14.3 Å². The molecule has 20 heavy (non-hydrogen) atoms. The van der Waals surface area contributed by atoms with Gasteiger partial charge < -0.3 is 15.8 Å². The number of hydrogen-bond donors (Lipinski definition) is 2. The summed E-state index contributed by atoms with van der Waals surface area (Å²) in [5.41, 5.74) is 8.24. The summed E-state index contributed by atoms with van der Waals surface area (Å²) in [6, 6.07) is 3.44. The van der Waals surface area contributed by atoms with Crippen LogP contribution in [-0.2, 0) is 9.53 Å². The summed E-state index contributed by atoms with van der Waals surface area (Å²) in [4.78, 5) is 23.4. The van der Waals surface area contributed by atoms with Gasteiger partial charge in [-0.15, -0.1) is 12.4 Å². The summed E-state index contributed by atoms with van der Waals surface area (Å²) in [5.74, 6) is -0.853. The summed E-state index contributed by atoms with van der Waals surface area (Å²) >= 11 is 0. The van der Waals surface area contributed by atoms with Crippen LogP contribution in [0.15, 0.2) is 12.1 Å². The zero-order valence-corrected chi connectivity index (χ0v) is 13.0. The van der Waals surface area contributed by atoms with Crippen LogP contribution in [0.1, 0.15) is 28.4 Å². The molecule has 6 heteroatoms. The normalized spacial score (nSPS) is 11.2. The summed E-state index contributed by atoms with van der Waals surface area (Å²) in [7, 11) is 1.33. The van der Waals surface area contributed by atoms with Crippen molar-refractivity contribution in [1.82, 2.24) is 0 Å². The molecule has 0 heterocycles. The van der Waals surface area contributed by atoms with Crippen LogP contribution in [0.3, 0.4) is 0 Å². The average molecular weight is 301 g/mol. The third-order valence-corrected chi connectivity index (χ3v) is 3.14. The van der Waals surface area contributed by atoms with Gasteiger partial charge in [0.2, 0.25) is 5.91 Å². The number of hydrogen-bond acceptors (Lipinski definition) is 4. The molecule has 0 saturated carbocycles. The number of halogens is 1. The molecule has 0 fully saturated rings. The fraction of sp³-hybridized carbons (Fsp3) is 0.429. The molecule has 1 aromatic carbocycles. The van der Waals surface area contributed by atoms with Crippen molar-refractivity contribution in [2.45, 2.75) is 20.8 Å². The van der Waals surface area contributed by atoms with Crippen LogP contribution in [0.5, 0.6) is 0 Å². The summed E-state index contributed by atoms with van der Waals surface area (Å²) in [6.45, 7) is 5.75. The van der Waals surface area contributed by atoms with Crippen LogP contribution >= 0.6 is 12.4 Å². The Balaban J connectivity index is 0.00000361. The molecule has 112 valence electrons. The maximum absolute atomic E-state index is 11.8. The van der Waals surface area contributed by atoms with E-state index in [0.717, 1.165) is 11.1 Å². The molecule has 0 bridgehead atoms. The van der Waals surface area contributed by atoms with E-state index < -0.39 is 5.97 Å². The van der Waals surface area contributed by atoms with Gasteiger partial charge >= 0.3 is 5.97 Å². The quantitative estimate of drug-likeness (QED) is 0.834. The van der Waals surface area contributed by atoms with Gasteiger partial charge in [-0.25, -0.2) is 4.79 Å². The van der Waals surface area contributed by atoms with Crippen LogP contribution in [-0.4, -0.2) is 25.5 Å². The first kappa shape index (κ1) is 18.4. The topological polar surface area (TPSA) is 81.4 Å². The molecule has 0 saturated heterocycles. The van der Waals surface area contributed by atoms with Gasteiger partial charge in [0, 0.05) is 18.2 Å². The molecule has 3 N–H and O–H groups in total. The van der Waals surface area contributed by atoms with Crippen molar-refractivity contribution in [3.05, 3.63) is 28.8 Å². The molecular formula is C14H21ClN2O3. The highest BCUT2D eigenvalue weighted by Crippen LogP contribution is 2.21. The molecule has 0 aliphatic heterocycles. The Morgan fingerprint density at radius 3 is 2.45 bits per heavy atom. The second kappa shape index (κ2) is 7.87. The van der Waals surface area contributed by atoms with Gasteiger partial charge in [0.05, 0.1) is 12.7 Å². The van der Waals surface area contributed by atoms with Crippen LogP contribution in [0, 0.1) is 19.8 Å². The van der Waals surface area contributed by atoms with Gasteiger partial charge in [-0.2, -0.15) is 0 Å². The maximum Gasteiger partial charge on any atom is 0.338 e. The van der Waals surface area contributed by atoms with E-state index in [1.165, 1.54) is 7.11 Å². The molecule has 0 radical (unpaired) electrons. The Labute approximate surface area is 125 Å². The minimum absolute atomic E-state index is 0. The fourth-order valence-electron chi connectivity index (χ4n) is 1.63. The highest BCUT2D eigenvalue weighted by atomic mass is 35.5. The van der Waals surface area contributed by atoms with Crippen molar-refractivity contribution in [2.75, 3.05) is 19.0 Å². The number of carbonyl (C=O) groups is 2. The number of carbonyl (C=O) groups excluding carboxylic acids is 2. The van der Waals surface area contributed by atoms with E-state index >= 15 is 0 Å². The molecule has 1 aromatic rings. The standard InChI is InChI=1S/C14H20N2O3.ClH/c1-8-5-11(16-13(17)9(2)7-15)6-12(10(8)3)14(18)19-4;/h5-6,9H,7,15H2,1-4H3,(H,16,17);1H. The van der Waals surface area contributed by atoms with E-state index in [4.69, 9.17) is 10.5 Å². The molecule has 5 nitrogen and oxygen atoms in total. The molecule has 1 atom stereocenters. The molecule has 1 unspecified atom stereocenters. The van der Waals surface area contributed by atoms with Gasteiger partial charge in [-0.1, -0.05) is 6.92 Å². The first-order valence-corrected chi connectivity index (χ1v) is 6.11. The number of rotatable bonds is 4. The number of ether oxygens (including phenoxy) is 1. The van der Waals surface area contributed by atoms with Crippen molar-refractivity contribution in [1.29, 1.82) is 0 Å². The van der Waals surface area contributed by atoms with Gasteiger partial charge in [-0.05, 0) is 37.1 Å². The number of aryl methyl sites for hydroxylation is 1. The molecule has 0 aliphatic carbocycles. The smallest absolute Gasteiger partial charge is 0.338 e. The maximum atomic E-state index is 11.8. The number of nitrogens with two attached hydrogens (primary N) is 1. The average Bonchev–Trinajstić information content (AvgIpc) is 2.40. The monoisotopic (exact) mass is 300 g/mol. The van der Waals surface area contributed by atoms with Crippen molar-refractivity contribution in [3.63, 3.8) is 0 Å². The summed E-state index contributed by atoms with van der Waals surface area (Å²) in [5, 5.41) is 2.75. The van der Waals surface area contributed by atoms with E-state index in [1.54, 1.807) is 13.0 Å². The number of methoxy groups -OCH3 is 1. The first-order valence-electron chi connectivity index (χ1n) is 6.11. The Kier molecular flexibility index (Phi) is 7.24. The lowest BCUT2D eigenvalue weighted by Gasteiger charge is -2.13. The zero-order chi connectivity index (χ0) is 14.6. The second-order valence-corrected chi connectivity index (χ2v) is 4.58. The Bertz CT molecular complexity index is 503. The number of amides is 1. The summed E-state index contributed by atoms with van der Waals surface area (Å²) < 4.78 is 4.73. The zero-order valence-electron chi connectivity index (χ0n) is 12.1. The Hall–Kier alpha value is -1.59. The largest absolute Gasteiger partial charge is 0.465 e. The van der Waals surface area contributed by atoms with Crippen LogP contribution < -0.4 is 11.1 Å². The van der Waals surface area contributed by atoms with E-state index in [2.05, 4.69) is 5.32 Å². The van der Waals surface area contributed by atoms with Crippen LogP contribution in [0.25, 0.3) is 0 Å². The predicted molar refractivity (Wildman–Crippen MR) is 81.4 cm³/mol. The lowest BCUT2D eigenvalue weighted by atomic mass is 10.0. The molecule has 1 amide bonds. The number of nitrogens with one attached hydrogen (secondary N) is 1. The van der Waals surface area contributed by atoms with Gasteiger partial charge in [-0.3, -0.25) is 4.79 Å². The SMILES string of the molecule is COC(=O)c1cc(NC(=O)C(C)CN)cc(C)c1C.Cl. The van der Waals surface area contributed by atoms with Gasteiger partial charge in [0.25, 0.3) is 0 Å². The molecule has 0 aromatic heterocycles. The van der Waals surface area contributed by atoms with Gasteiger partial charge in [0.1, 0.15) is 0 Å². The second-order valence-electron chi connectivity index (χ2n) is 4.58. The lowest BCUT2D eigenvalue weighted by Crippen LogP contribution is -2.26. The number of esters is 1. The number of anilines is 1. The van der Waals surface area contributed by atoms with Crippen molar-refractivity contribution >= 4 is 30.0 Å². The molecule has 0 spiro atoms. The van der Waals surface area contributed by atoms with Gasteiger partial charge in [0.15, 0.2) is 0 Å². The molecular weight excluding hydrogens is 280 g/mol. The third kappa shape index (κ3) is 4.21. The minimum Gasteiger partial charge on any atom is -0.465 e. The molecule has 1 rings (SSSR count). The lowest BCUT2D eigenvalue weighted by molar-refractivity contribution is -0.119. The molecule has 0 aliphatic rings. The first-order chi connectivity index (χ1) is 8.90. The highest BCUT2D eigenvalue weighted by molar-refractivity contribution is 5.96. The van der Waals surface area contributed by atoms with Crippen molar-refractivity contribution in [2.24, 2.45) is 11.7 Å². The summed E-state index contributed by atoms with van der Waals surface area (Å²) in [6.07, 6.45) is 0. The van der Waals surface area contributed by atoms with E-state index in [-0.39, 0.29) is 30.8 Å². The Morgan fingerprint density at radius 2 is 1.95 bits per heavy atom. The van der Waals surface area contributed by atoms with Crippen LogP contribution in [0.4, 0.5) is 5.69 Å². The Morgan fingerprint density at radius 1 is 1.35 bits per heavy atom. The van der Waals surface area contributed by atoms with E-state index in [0.29, 0.717) is 11.3 Å². The predicted octanol–water partition coefficient (Wildman–Crippen LogP) is 2.05.